The Kier molecular flexibility index (Phi) is 5.17. The van der Waals surface area contributed by atoms with Crippen LogP contribution in [-0.4, -0.2) is 41.9 Å². The van der Waals surface area contributed by atoms with Gasteiger partial charge in [0.2, 0.25) is 0 Å². The van der Waals surface area contributed by atoms with Gasteiger partial charge in [-0.15, -0.1) is 0 Å². The molecule has 5 heteroatoms. The minimum absolute atomic E-state index is 0.147. The van der Waals surface area contributed by atoms with Crippen LogP contribution in [0.25, 0.3) is 0 Å². The average Bonchev–Trinajstić information content (AvgIpc) is 2.61. The summed E-state index contributed by atoms with van der Waals surface area (Å²) < 4.78 is 13.8. The van der Waals surface area contributed by atoms with Crippen LogP contribution in [0.4, 0.5) is 4.39 Å². The molecule has 0 radical (unpaired) electrons. The normalized spacial score (nSPS) is 16.9. The molecule has 0 aliphatic carbocycles. The van der Waals surface area contributed by atoms with E-state index in [2.05, 4.69) is 17.9 Å². The second-order valence-electron chi connectivity index (χ2n) is 6.04. The topological polar surface area (TPSA) is 23.6 Å². The van der Waals surface area contributed by atoms with Crippen LogP contribution in [0.1, 0.15) is 28.9 Å². The highest BCUT2D eigenvalue weighted by Gasteiger charge is 2.26. The Morgan fingerprint density at radius 2 is 1.79 bits per heavy atom. The summed E-state index contributed by atoms with van der Waals surface area (Å²) in [5.74, 6) is -0.694. The van der Waals surface area contributed by atoms with Crippen molar-refractivity contribution in [2.45, 2.75) is 13.0 Å². The number of benzene rings is 2. The Morgan fingerprint density at radius 1 is 1.08 bits per heavy atom. The molecule has 0 aromatic heterocycles. The van der Waals surface area contributed by atoms with Gasteiger partial charge in [0.05, 0.1) is 5.56 Å². The summed E-state index contributed by atoms with van der Waals surface area (Å²) in [5.41, 5.74) is 1.31. The van der Waals surface area contributed by atoms with E-state index in [4.69, 9.17) is 11.6 Å². The third kappa shape index (κ3) is 3.60. The maximum Gasteiger partial charge on any atom is 0.256 e. The van der Waals surface area contributed by atoms with Crippen LogP contribution in [0, 0.1) is 5.82 Å². The molecule has 3 rings (SSSR count). The van der Waals surface area contributed by atoms with Gasteiger partial charge in [-0.2, -0.15) is 0 Å². The van der Waals surface area contributed by atoms with Gasteiger partial charge in [-0.1, -0.05) is 35.9 Å². The molecule has 0 spiro atoms. The highest BCUT2D eigenvalue weighted by Crippen LogP contribution is 2.24. The van der Waals surface area contributed by atoms with Gasteiger partial charge in [-0.3, -0.25) is 9.69 Å². The van der Waals surface area contributed by atoms with E-state index in [1.165, 1.54) is 6.07 Å². The highest BCUT2D eigenvalue weighted by atomic mass is 35.5. The lowest BCUT2D eigenvalue weighted by Gasteiger charge is -2.38. The highest BCUT2D eigenvalue weighted by molar-refractivity contribution is 6.30. The molecule has 1 amide bonds. The summed E-state index contributed by atoms with van der Waals surface area (Å²) in [6.45, 7) is 4.85. The van der Waals surface area contributed by atoms with Crippen LogP contribution in [0.5, 0.6) is 0 Å². The number of amides is 1. The van der Waals surface area contributed by atoms with Gasteiger partial charge in [0.1, 0.15) is 5.82 Å². The molecule has 1 saturated heterocycles. The maximum atomic E-state index is 13.8. The van der Waals surface area contributed by atoms with Crippen LogP contribution in [0.2, 0.25) is 5.02 Å². The standard InChI is InChI=1S/C19H20ClFN2O/c1-14(15-5-4-6-16(20)13-15)22-9-11-23(12-10-22)19(24)17-7-2-3-8-18(17)21/h2-8,13-14H,9-12H2,1H3. The lowest BCUT2D eigenvalue weighted by atomic mass is 10.1. The molecule has 2 aromatic carbocycles. The first-order valence-corrected chi connectivity index (χ1v) is 8.47. The Labute approximate surface area is 146 Å². The molecular weight excluding hydrogens is 327 g/mol. The van der Waals surface area contributed by atoms with E-state index in [1.807, 2.05) is 18.2 Å². The first kappa shape index (κ1) is 16.9. The Bertz CT molecular complexity index is 729. The second-order valence-corrected chi connectivity index (χ2v) is 6.48. The molecule has 0 N–H and O–H groups in total. The third-order valence-electron chi connectivity index (χ3n) is 4.58. The van der Waals surface area contributed by atoms with Gasteiger partial charge in [-0.05, 0) is 36.8 Å². The van der Waals surface area contributed by atoms with Crippen molar-refractivity contribution in [2.24, 2.45) is 0 Å². The van der Waals surface area contributed by atoms with Crippen molar-refractivity contribution in [3.8, 4) is 0 Å². The van der Waals surface area contributed by atoms with Crippen molar-refractivity contribution < 1.29 is 9.18 Å². The molecule has 24 heavy (non-hydrogen) atoms. The summed E-state index contributed by atoms with van der Waals surface area (Å²) in [5, 5.41) is 0.729. The minimum Gasteiger partial charge on any atom is -0.336 e. The van der Waals surface area contributed by atoms with Gasteiger partial charge >= 0.3 is 0 Å². The monoisotopic (exact) mass is 346 g/mol. The first-order chi connectivity index (χ1) is 11.6. The van der Waals surface area contributed by atoms with Crippen LogP contribution < -0.4 is 0 Å². The molecule has 3 nitrogen and oxygen atoms in total. The molecule has 2 aromatic rings. The second kappa shape index (κ2) is 7.32. The zero-order valence-corrected chi connectivity index (χ0v) is 14.3. The van der Waals surface area contributed by atoms with Gasteiger partial charge < -0.3 is 4.90 Å². The fourth-order valence-electron chi connectivity index (χ4n) is 3.09. The van der Waals surface area contributed by atoms with Gasteiger partial charge in [0.15, 0.2) is 0 Å². The number of carbonyl (C=O) groups is 1. The Morgan fingerprint density at radius 3 is 2.46 bits per heavy atom. The molecule has 1 heterocycles. The van der Waals surface area contributed by atoms with Crippen molar-refractivity contribution in [3.63, 3.8) is 0 Å². The van der Waals surface area contributed by atoms with Gasteiger partial charge in [0, 0.05) is 37.2 Å². The van der Waals surface area contributed by atoms with E-state index in [1.54, 1.807) is 23.1 Å². The van der Waals surface area contributed by atoms with Crippen LogP contribution in [0.15, 0.2) is 48.5 Å². The smallest absolute Gasteiger partial charge is 0.256 e. The van der Waals surface area contributed by atoms with Crippen molar-refractivity contribution in [1.82, 2.24) is 9.80 Å². The summed E-state index contributed by atoms with van der Waals surface area (Å²) in [4.78, 5) is 16.5. The molecule has 1 unspecified atom stereocenters. The molecule has 1 atom stereocenters. The zero-order chi connectivity index (χ0) is 17.1. The molecule has 0 bridgehead atoms. The number of carbonyl (C=O) groups excluding carboxylic acids is 1. The van der Waals surface area contributed by atoms with E-state index < -0.39 is 5.82 Å². The molecule has 1 aliphatic heterocycles. The molecular formula is C19H20ClFN2O. The molecule has 1 fully saturated rings. The largest absolute Gasteiger partial charge is 0.336 e. The van der Waals surface area contributed by atoms with E-state index >= 15 is 0 Å². The number of nitrogens with zero attached hydrogens (tertiary/aromatic N) is 2. The van der Waals surface area contributed by atoms with Gasteiger partial charge in [0.25, 0.3) is 5.91 Å². The van der Waals surface area contributed by atoms with Gasteiger partial charge in [-0.25, -0.2) is 4.39 Å². The molecule has 1 aliphatic rings. The quantitative estimate of drug-likeness (QED) is 0.838. The van der Waals surface area contributed by atoms with Crippen LogP contribution in [-0.2, 0) is 0 Å². The lowest BCUT2D eigenvalue weighted by molar-refractivity contribution is 0.0578. The number of hydrogen-bond acceptors (Lipinski definition) is 2. The van der Waals surface area contributed by atoms with E-state index in [0.717, 1.165) is 23.7 Å². The van der Waals surface area contributed by atoms with Crippen molar-refractivity contribution in [2.75, 3.05) is 26.2 Å². The molecule has 126 valence electrons. The van der Waals surface area contributed by atoms with E-state index in [9.17, 15) is 9.18 Å². The number of halogens is 2. The van der Waals surface area contributed by atoms with Crippen molar-refractivity contribution >= 4 is 17.5 Å². The molecule has 0 saturated carbocycles. The number of hydrogen-bond donors (Lipinski definition) is 0. The minimum atomic E-state index is -0.461. The SMILES string of the molecule is CC(c1cccc(Cl)c1)N1CCN(C(=O)c2ccccc2F)CC1. The predicted molar refractivity (Wildman–Crippen MR) is 93.7 cm³/mol. The summed E-state index contributed by atoms with van der Waals surface area (Å²) in [7, 11) is 0. The Hall–Kier alpha value is -1.91. The van der Waals surface area contributed by atoms with E-state index in [-0.39, 0.29) is 17.5 Å². The third-order valence-corrected chi connectivity index (χ3v) is 4.82. The predicted octanol–water partition coefficient (Wildman–Crippen LogP) is 4.00. The number of rotatable bonds is 3. The van der Waals surface area contributed by atoms with E-state index in [0.29, 0.717) is 13.1 Å². The fourth-order valence-corrected chi connectivity index (χ4v) is 3.29. The average molecular weight is 347 g/mol. The fraction of sp³-hybridized carbons (Fsp3) is 0.316. The zero-order valence-electron chi connectivity index (χ0n) is 13.6. The van der Waals surface area contributed by atoms with Crippen molar-refractivity contribution in [3.05, 3.63) is 70.5 Å². The van der Waals surface area contributed by atoms with Crippen LogP contribution in [0.3, 0.4) is 0 Å². The lowest BCUT2D eigenvalue weighted by Crippen LogP contribution is -2.49. The maximum absolute atomic E-state index is 13.8. The summed E-state index contributed by atoms with van der Waals surface area (Å²) in [6.07, 6.45) is 0. The van der Waals surface area contributed by atoms with Crippen LogP contribution >= 0.6 is 11.6 Å². The Balaban J connectivity index is 1.63. The number of piperazine rings is 1. The first-order valence-electron chi connectivity index (χ1n) is 8.09. The summed E-state index contributed by atoms with van der Waals surface area (Å²) in [6, 6.07) is 14.2. The van der Waals surface area contributed by atoms with Crippen molar-refractivity contribution in [1.29, 1.82) is 0 Å². The summed E-state index contributed by atoms with van der Waals surface area (Å²) >= 11 is 6.07.